The predicted molar refractivity (Wildman–Crippen MR) is 71.4 cm³/mol. The topological polar surface area (TPSA) is 88.8 Å². The highest BCUT2D eigenvalue weighted by Gasteiger charge is 2.06. The van der Waals surface area contributed by atoms with Crippen LogP contribution in [0.2, 0.25) is 5.28 Å². The van der Waals surface area contributed by atoms with Crippen molar-refractivity contribution in [3.63, 3.8) is 0 Å². The summed E-state index contributed by atoms with van der Waals surface area (Å²) in [5.41, 5.74) is 0. The van der Waals surface area contributed by atoms with Crippen LogP contribution in [0.5, 0.6) is 0 Å². The van der Waals surface area contributed by atoms with Gasteiger partial charge in [0.25, 0.3) is 0 Å². The lowest BCUT2D eigenvalue weighted by Crippen LogP contribution is -2.11. The first-order valence-corrected chi connectivity index (χ1v) is 6.35. The van der Waals surface area contributed by atoms with Crippen molar-refractivity contribution in [2.24, 2.45) is 0 Å². The summed E-state index contributed by atoms with van der Waals surface area (Å²) in [6, 6.07) is 0. The molecule has 0 aliphatic carbocycles. The van der Waals surface area contributed by atoms with Crippen molar-refractivity contribution >= 4 is 17.5 Å². The zero-order valence-electron chi connectivity index (χ0n) is 10.5. The molecule has 0 amide bonds. The van der Waals surface area contributed by atoms with Crippen LogP contribution in [0.15, 0.2) is 18.7 Å². The maximum Gasteiger partial charge on any atom is 0.241 e. The van der Waals surface area contributed by atoms with Crippen LogP contribution in [-0.4, -0.2) is 42.3 Å². The van der Waals surface area contributed by atoms with Crippen LogP contribution in [0.4, 0.5) is 5.95 Å². The Labute approximate surface area is 115 Å². The minimum absolute atomic E-state index is 0.122. The second-order valence-corrected chi connectivity index (χ2v) is 4.45. The summed E-state index contributed by atoms with van der Waals surface area (Å²) in [5, 5.41) is 12.3. The summed E-state index contributed by atoms with van der Waals surface area (Å²) >= 11 is 5.85. The smallest absolute Gasteiger partial charge is 0.241 e. The van der Waals surface area contributed by atoms with Crippen LogP contribution < -0.4 is 5.32 Å². The zero-order chi connectivity index (χ0) is 13.7. The van der Waals surface area contributed by atoms with Gasteiger partial charge in [-0.15, -0.1) is 0 Å². The molecule has 102 valence electrons. The maximum atomic E-state index is 9.16. The SMILES string of the molecule is CC(O)CCCNc1nc(Cl)nc(-n2ccnc2)n1. The molecule has 0 aromatic carbocycles. The lowest BCUT2D eigenvalue weighted by atomic mass is 10.2. The van der Waals surface area contributed by atoms with Crippen molar-refractivity contribution in [3.05, 3.63) is 24.0 Å². The third-order valence-electron chi connectivity index (χ3n) is 2.41. The van der Waals surface area contributed by atoms with Gasteiger partial charge >= 0.3 is 0 Å². The van der Waals surface area contributed by atoms with Gasteiger partial charge in [0.15, 0.2) is 0 Å². The molecule has 2 heterocycles. The number of aliphatic hydroxyl groups is 1. The fourth-order valence-electron chi connectivity index (χ4n) is 1.51. The minimum atomic E-state index is -0.301. The Kier molecular flexibility index (Phi) is 4.64. The molecule has 0 aliphatic heterocycles. The van der Waals surface area contributed by atoms with Gasteiger partial charge in [-0.05, 0) is 31.4 Å². The van der Waals surface area contributed by atoms with E-state index >= 15 is 0 Å². The Bertz CT molecular complexity index is 516. The number of nitrogens with zero attached hydrogens (tertiary/aromatic N) is 5. The summed E-state index contributed by atoms with van der Waals surface area (Å²) in [6.45, 7) is 2.42. The predicted octanol–water partition coefficient (Wildman–Crippen LogP) is 1.28. The van der Waals surface area contributed by atoms with E-state index < -0.39 is 0 Å². The van der Waals surface area contributed by atoms with E-state index in [0.717, 1.165) is 12.8 Å². The molecule has 0 fully saturated rings. The van der Waals surface area contributed by atoms with Gasteiger partial charge in [-0.1, -0.05) is 0 Å². The van der Waals surface area contributed by atoms with Crippen molar-refractivity contribution in [3.8, 4) is 5.95 Å². The maximum absolute atomic E-state index is 9.16. The van der Waals surface area contributed by atoms with E-state index in [-0.39, 0.29) is 11.4 Å². The van der Waals surface area contributed by atoms with Crippen LogP contribution in [0.3, 0.4) is 0 Å². The summed E-state index contributed by atoms with van der Waals surface area (Å²) < 4.78 is 1.65. The van der Waals surface area contributed by atoms with Gasteiger partial charge in [0.2, 0.25) is 17.2 Å². The number of halogens is 1. The van der Waals surface area contributed by atoms with Crippen LogP contribution in [-0.2, 0) is 0 Å². The molecule has 0 aliphatic rings. The van der Waals surface area contributed by atoms with E-state index in [1.54, 1.807) is 30.2 Å². The fourth-order valence-corrected chi connectivity index (χ4v) is 1.66. The molecule has 1 atom stereocenters. The second kappa shape index (κ2) is 6.44. The Morgan fingerprint density at radius 3 is 2.95 bits per heavy atom. The monoisotopic (exact) mass is 282 g/mol. The molecule has 2 aromatic heterocycles. The zero-order valence-corrected chi connectivity index (χ0v) is 11.2. The van der Waals surface area contributed by atoms with E-state index in [2.05, 4.69) is 25.3 Å². The summed E-state index contributed by atoms with van der Waals surface area (Å²) in [5.74, 6) is 0.824. The van der Waals surface area contributed by atoms with Crippen molar-refractivity contribution in [2.75, 3.05) is 11.9 Å². The van der Waals surface area contributed by atoms with Crippen LogP contribution in [0.25, 0.3) is 5.95 Å². The number of hydrogen-bond acceptors (Lipinski definition) is 6. The Morgan fingerprint density at radius 2 is 2.26 bits per heavy atom. The lowest BCUT2D eigenvalue weighted by Gasteiger charge is -2.07. The average molecular weight is 283 g/mol. The van der Waals surface area contributed by atoms with E-state index in [1.807, 2.05) is 0 Å². The second-order valence-electron chi connectivity index (χ2n) is 4.12. The highest BCUT2D eigenvalue weighted by Crippen LogP contribution is 2.09. The Balaban J connectivity index is 2.01. The number of aromatic nitrogens is 5. The molecule has 2 rings (SSSR count). The van der Waals surface area contributed by atoms with Gasteiger partial charge in [-0.2, -0.15) is 15.0 Å². The quantitative estimate of drug-likeness (QED) is 0.776. The van der Waals surface area contributed by atoms with Crippen molar-refractivity contribution in [1.82, 2.24) is 24.5 Å². The molecular weight excluding hydrogens is 268 g/mol. The van der Waals surface area contributed by atoms with Crippen molar-refractivity contribution in [1.29, 1.82) is 0 Å². The molecule has 1 unspecified atom stereocenters. The molecule has 2 N–H and O–H groups in total. The van der Waals surface area contributed by atoms with Gasteiger partial charge in [0.05, 0.1) is 6.10 Å². The first-order valence-electron chi connectivity index (χ1n) is 5.97. The largest absolute Gasteiger partial charge is 0.393 e. The standard InChI is InChI=1S/C11H15ClN6O/c1-8(19)3-2-4-14-10-15-9(12)16-11(17-10)18-6-5-13-7-18/h5-8,19H,2-4H2,1H3,(H,14,15,16,17). The summed E-state index contributed by atoms with van der Waals surface area (Å²) in [6.07, 6.45) is 6.19. The summed E-state index contributed by atoms with van der Waals surface area (Å²) in [7, 11) is 0. The van der Waals surface area contributed by atoms with Gasteiger partial charge in [-0.3, -0.25) is 4.57 Å². The van der Waals surface area contributed by atoms with Gasteiger partial charge in [-0.25, -0.2) is 4.98 Å². The molecular formula is C11H15ClN6O. The highest BCUT2D eigenvalue weighted by atomic mass is 35.5. The molecule has 8 heteroatoms. The fraction of sp³-hybridized carbons (Fsp3) is 0.455. The minimum Gasteiger partial charge on any atom is -0.393 e. The van der Waals surface area contributed by atoms with E-state index in [9.17, 15) is 0 Å². The lowest BCUT2D eigenvalue weighted by molar-refractivity contribution is 0.183. The molecule has 7 nitrogen and oxygen atoms in total. The third kappa shape index (κ3) is 4.15. The first kappa shape index (κ1) is 13.7. The van der Waals surface area contributed by atoms with Gasteiger partial charge in [0, 0.05) is 18.9 Å². The Morgan fingerprint density at radius 1 is 1.42 bits per heavy atom. The van der Waals surface area contributed by atoms with Gasteiger partial charge in [0.1, 0.15) is 6.33 Å². The van der Waals surface area contributed by atoms with Crippen LogP contribution in [0, 0.1) is 0 Å². The van der Waals surface area contributed by atoms with E-state index in [0.29, 0.717) is 18.4 Å². The van der Waals surface area contributed by atoms with Crippen LogP contribution in [0.1, 0.15) is 19.8 Å². The number of rotatable bonds is 6. The normalized spacial score (nSPS) is 12.4. The van der Waals surface area contributed by atoms with Gasteiger partial charge < -0.3 is 10.4 Å². The molecule has 2 aromatic rings. The average Bonchev–Trinajstić information content (AvgIpc) is 2.87. The highest BCUT2D eigenvalue weighted by molar-refractivity contribution is 6.28. The molecule has 0 bridgehead atoms. The number of nitrogens with one attached hydrogen (secondary N) is 1. The molecule has 0 saturated heterocycles. The van der Waals surface area contributed by atoms with Crippen molar-refractivity contribution < 1.29 is 5.11 Å². The first-order chi connectivity index (χ1) is 9.15. The number of hydrogen-bond donors (Lipinski definition) is 2. The molecule has 19 heavy (non-hydrogen) atoms. The van der Waals surface area contributed by atoms with Crippen molar-refractivity contribution in [2.45, 2.75) is 25.9 Å². The van der Waals surface area contributed by atoms with Crippen LogP contribution >= 0.6 is 11.6 Å². The van der Waals surface area contributed by atoms with E-state index in [1.165, 1.54) is 0 Å². The Hall–Kier alpha value is -1.73. The number of imidazole rings is 1. The third-order valence-corrected chi connectivity index (χ3v) is 2.58. The molecule has 0 saturated carbocycles. The molecule has 0 spiro atoms. The van der Waals surface area contributed by atoms with E-state index in [4.69, 9.17) is 16.7 Å². The summed E-state index contributed by atoms with van der Waals surface area (Å²) in [4.78, 5) is 16.2. The number of aliphatic hydroxyl groups excluding tert-OH is 1. The number of anilines is 1. The molecule has 0 radical (unpaired) electrons.